The number of halogens is 15. The molecule has 0 radical (unpaired) electrons. The molecule has 1 N–H and O–H groups in total. The molecule has 3 nitrogen and oxygen atoms in total. The average molecular weight is 432 g/mol. The van der Waals surface area contributed by atoms with Gasteiger partial charge >= 0.3 is 46.8 Å². The fourth-order valence-electron chi connectivity index (χ4n) is 0.207. The molecule has 0 saturated carbocycles. The van der Waals surface area contributed by atoms with Gasteiger partial charge in [-0.3, -0.25) is 4.55 Å². The molecule has 0 aliphatic rings. The van der Waals surface area contributed by atoms with E-state index < -0.39 is 43.8 Å². The van der Waals surface area contributed by atoms with Gasteiger partial charge in [-0.2, -0.15) is 21.6 Å². The maximum atomic E-state index is 11.0. The van der Waals surface area contributed by atoms with Crippen molar-refractivity contribution >= 4 is 31.9 Å². The molecule has 0 aliphatic heterocycles. The molecule has 154 valence electrons. The van der Waals surface area contributed by atoms with Gasteiger partial charge in [0.25, 0.3) is 10.1 Å². The third kappa shape index (κ3) is 347. The Balaban J connectivity index is -0.0000000521. The molecule has 0 spiro atoms. The van der Waals surface area contributed by atoms with Crippen LogP contribution in [0.25, 0.3) is 0 Å². The van der Waals surface area contributed by atoms with Gasteiger partial charge in [-0.25, -0.2) is 0 Å². The van der Waals surface area contributed by atoms with Gasteiger partial charge in [0.05, 0.1) is 0 Å². The number of alkyl halides is 3. The second-order valence-electron chi connectivity index (χ2n) is 2.83. The summed E-state index contributed by atoms with van der Waals surface area (Å²) in [5, 5.41) is 0. The third-order valence-corrected chi connectivity index (χ3v) is 1.04. The van der Waals surface area contributed by atoms with Crippen molar-refractivity contribution in [3.05, 3.63) is 0 Å². The van der Waals surface area contributed by atoms with Crippen molar-refractivity contribution in [1.82, 2.24) is 0 Å². The quantitative estimate of drug-likeness (QED) is 0.388. The molecule has 25 heavy (non-hydrogen) atoms. The Morgan fingerprint density at radius 1 is 0.680 bits per heavy atom. The van der Waals surface area contributed by atoms with Crippen LogP contribution in [-0.4, -0.2) is 46.7 Å². The molecule has 0 bridgehead atoms. The van der Waals surface area contributed by atoms with Crippen molar-refractivity contribution in [3.63, 3.8) is 0 Å². The zero-order valence-corrected chi connectivity index (χ0v) is 12.1. The van der Waals surface area contributed by atoms with Gasteiger partial charge in [0.2, 0.25) is 0 Å². The topological polar surface area (TPSA) is 54.4 Å². The second-order valence-corrected chi connectivity index (χ2v) is 4.28. The van der Waals surface area contributed by atoms with E-state index in [0.717, 1.165) is 0 Å². The minimum atomic E-state index is -6.00. The van der Waals surface area contributed by atoms with Crippen molar-refractivity contribution in [3.8, 4) is 0 Å². The van der Waals surface area contributed by atoms with E-state index in [0.29, 0.717) is 0 Å². The first kappa shape index (κ1) is 35.7. The third-order valence-electron chi connectivity index (χ3n) is 0.346. The number of rotatable bonds is 1. The van der Waals surface area contributed by atoms with Gasteiger partial charge in [-0.05, 0) is 0 Å². The number of hydrogen-bond acceptors (Lipinski definition) is 2. The minimum Gasteiger partial charge on any atom is -1.00 e. The fraction of sp³-hybridized carbons (Fsp3) is 1.00. The van der Waals surface area contributed by atoms with Crippen LogP contribution in [-0.2, 0) is 10.1 Å². The Labute approximate surface area is 143 Å². The molecular formula is C2H4B3F15LiO3S-3. The normalized spacial score (nSPS) is 12.2. The predicted molar refractivity (Wildman–Crippen MR) is 54.1 cm³/mol. The van der Waals surface area contributed by atoms with E-state index in [1.165, 1.54) is 0 Å². The Morgan fingerprint density at radius 2 is 0.800 bits per heavy atom. The van der Waals surface area contributed by atoms with Gasteiger partial charge in [0.15, 0.2) is 5.75 Å². The molecule has 0 saturated heterocycles. The second kappa shape index (κ2) is 12.9. The fourth-order valence-corrected chi connectivity index (χ4v) is 0.620. The van der Waals surface area contributed by atoms with E-state index in [-0.39, 0.29) is 20.3 Å². The zero-order valence-electron chi connectivity index (χ0n) is 12.3. The van der Waals surface area contributed by atoms with Crippen LogP contribution in [0.5, 0.6) is 0 Å². The monoisotopic (exact) mass is 433 g/mol. The van der Waals surface area contributed by atoms with Crippen molar-refractivity contribution < 1.29 is 98.2 Å². The molecule has 0 amide bonds. The minimum absolute atomic E-state index is 0. The molecule has 0 heterocycles. The summed E-state index contributed by atoms with van der Waals surface area (Å²) in [4.78, 5) is 0. The average Bonchev–Trinajstić information content (AvgIpc) is 1.80. The molecule has 0 aromatic rings. The van der Waals surface area contributed by atoms with Gasteiger partial charge in [0, 0.05) is 0 Å². The first-order chi connectivity index (χ1) is 9.71. The molecule has 0 unspecified atom stereocenters. The van der Waals surface area contributed by atoms with Crippen molar-refractivity contribution in [1.29, 1.82) is 0 Å². The Hall–Kier alpha value is -0.348. The molecule has 0 atom stereocenters. The summed E-state index contributed by atoms with van der Waals surface area (Å²) in [5.74, 6) is -2.18. The molecular weight excluding hydrogens is 428 g/mol. The van der Waals surface area contributed by atoms with Crippen LogP contribution >= 0.6 is 0 Å². The largest absolute Gasteiger partial charge is 1.00 e. The van der Waals surface area contributed by atoms with Crippen molar-refractivity contribution in [2.75, 3.05) is 5.75 Å². The molecule has 23 heteroatoms. The summed E-state index contributed by atoms with van der Waals surface area (Å²) in [7, 11) is -22.9. The first-order valence-corrected chi connectivity index (χ1v) is 5.95. The predicted octanol–water partition coefficient (Wildman–Crippen LogP) is 1.45. The summed E-state index contributed by atoms with van der Waals surface area (Å²) in [6, 6.07) is 0. The van der Waals surface area contributed by atoms with Crippen molar-refractivity contribution in [2.24, 2.45) is 0 Å². The van der Waals surface area contributed by atoms with Gasteiger partial charge in [0.1, 0.15) is 0 Å². The van der Waals surface area contributed by atoms with Crippen LogP contribution < -0.4 is 18.9 Å². The van der Waals surface area contributed by atoms with Crippen LogP contribution in [0.15, 0.2) is 0 Å². The maximum absolute atomic E-state index is 11.0. The molecule has 0 aromatic carbocycles. The first-order valence-electron chi connectivity index (χ1n) is 4.34. The molecule has 0 fully saturated rings. The zero-order chi connectivity index (χ0) is 21.2. The van der Waals surface area contributed by atoms with E-state index in [1.807, 2.05) is 0 Å². The van der Waals surface area contributed by atoms with E-state index in [4.69, 9.17) is 4.55 Å². The number of hydrogen-bond donors (Lipinski definition) is 1. The Morgan fingerprint density at radius 3 is 0.800 bits per heavy atom. The van der Waals surface area contributed by atoms with Gasteiger partial charge < -0.3 is 53.2 Å². The van der Waals surface area contributed by atoms with Crippen LogP contribution in [0.4, 0.5) is 65.0 Å². The Bertz CT molecular complexity index is 367. The summed E-state index contributed by atoms with van der Waals surface area (Å²) in [6.07, 6.45) is -4.85. The van der Waals surface area contributed by atoms with Crippen LogP contribution in [0, 0.1) is 0 Å². The van der Waals surface area contributed by atoms with Crippen LogP contribution in [0.2, 0.25) is 0 Å². The van der Waals surface area contributed by atoms with Crippen LogP contribution in [0.1, 0.15) is 1.43 Å². The SMILES string of the molecule is F[B-](F)(F)F.F[B-](F)(F)F.F[B-](F)(F)F.O=S(=O)(O)CC(F)(F)F.[H-].[Li+]. The van der Waals surface area contributed by atoms with E-state index in [9.17, 15) is 73.4 Å². The Kier molecular flexibility index (Phi) is 18.5. The van der Waals surface area contributed by atoms with Gasteiger partial charge in [-0.15, -0.1) is 0 Å². The van der Waals surface area contributed by atoms with Crippen LogP contribution in [0.3, 0.4) is 0 Å². The van der Waals surface area contributed by atoms with E-state index in [1.54, 1.807) is 0 Å². The maximum Gasteiger partial charge on any atom is 1.00 e. The van der Waals surface area contributed by atoms with E-state index >= 15 is 0 Å². The smallest absolute Gasteiger partial charge is 1.00 e. The molecule has 0 rings (SSSR count). The summed E-state index contributed by atoms with van der Waals surface area (Å²) >= 11 is 0. The standard InChI is InChI=1S/C2H3F3O3S.3BF4.Li.H/c3-2(4,5)1-9(6,7)8;3*2-1(3,4)5;;/h1H2,(H,6,7,8);;;;;/q;3*-1;+1;-1. The van der Waals surface area contributed by atoms with Gasteiger partial charge in [-0.1, -0.05) is 0 Å². The van der Waals surface area contributed by atoms with E-state index in [2.05, 4.69) is 0 Å². The summed E-state index contributed by atoms with van der Waals surface area (Å²) < 4.78 is 177. The van der Waals surface area contributed by atoms with Crippen molar-refractivity contribution in [2.45, 2.75) is 6.18 Å². The summed E-state index contributed by atoms with van der Waals surface area (Å²) in [6.45, 7) is 0. The summed E-state index contributed by atoms with van der Waals surface area (Å²) in [5.41, 5.74) is 0. The molecule has 0 aliphatic carbocycles. The molecule has 0 aromatic heterocycles.